The van der Waals surface area contributed by atoms with Crippen molar-refractivity contribution in [2.45, 2.75) is 63.6 Å². The van der Waals surface area contributed by atoms with Gasteiger partial charge in [-0.2, -0.15) is 0 Å². The Hall–Kier alpha value is -4.17. The molecule has 1 spiro atoms. The first-order chi connectivity index (χ1) is 21.0. The van der Waals surface area contributed by atoms with E-state index in [1.807, 2.05) is 65.2 Å². The van der Waals surface area contributed by atoms with Crippen LogP contribution in [0.3, 0.4) is 0 Å². The topological polar surface area (TPSA) is 81.7 Å². The van der Waals surface area contributed by atoms with E-state index in [-0.39, 0.29) is 23.4 Å². The van der Waals surface area contributed by atoms with Gasteiger partial charge in [-0.25, -0.2) is 4.79 Å². The monoisotopic (exact) mass is 579 g/mol. The Morgan fingerprint density at radius 3 is 2.26 bits per heavy atom. The fourth-order valence-electron chi connectivity index (χ4n) is 7.05. The number of anilines is 1. The summed E-state index contributed by atoms with van der Waals surface area (Å²) in [5.74, 6) is 0.377. The number of ketones is 1. The quantitative estimate of drug-likeness (QED) is 0.259. The van der Waals surface area contributed by atoms with E-state index in [0.29, 0.717) is 19.6 Å². The molecule has 3 heterocycles. The molecule has 2 aliphatic heterocycles. The number of H-pyrrole nitrogens is 1. The normalized spacial score (nSPS) is 17.7. The Morgan fingerprint density at radius 2 is 1.53 bits per heavy atom. The summed E-state index contributed by atoms with van der Waals surface area (Å²) in [4.78, 5) is 48.6. The van der Waals surface area contributed by atoms with Gasteiger partial charge in [-0.3, -0.25) is 9.36 Å². The molecular formula is C35H41N5O3. The second-order valence-corrected chi connectivity index (χ2v) is 12.0. The first-order valence-electron chi connectivity index (χ1n) is 15.5. The third-order valence-corrected chi connectivity index (χ3v) is 9.33. The zero-order chi connectivity index (χ0) is 29.8. The van der Waals surface area contributed by atoms with Gasteiger partial charge in [-0.15, -0.1) is 0 Å². The van der Waals surface area contributed by atoms with Gasteiger partial charge >= 0.3 is 5.69 Å². The maximum Gasteiger partial charge on any atom is 0.326 e. The molecule has 1 N–H and O–H groups in total. The van der Waals surface area contributed by atoms with Crippen molar-refractivity contribution in [3.63, 3.8) is 0 Å². The number of fused-ring (bicyclic) bond motifs is 1. The smallest absolute Gasteiger partial charge is 0.326 e. The van der Waals surface area contributed by atoms with Crippen molar-refractivity contribution < 1.29 is 9.59 Å². The second kappa shape index (κ2) is 12.6. The van der Waals surface area contributed by atoms with Gasteiger partial charge in [0.05, 0.1) is 23.7 Å². The van der Waals surface area contributed by atoms with Crippen LogP contribution in [-0.2, 0) is 16.1 Å². The van der Waals surface area contributed by atoms with Gasteiger partial charge in [-0.1, -0.05) is 60.7 Å². The molecule has 1 atom stereocenters. The average molecular weight is 580 g/mol. The van der Waals surface area contributed by atoms with Gasteiger partial charge in [0.2, 0.25) is 0 Å². The number of para-hydroxylation sites is 3. The number of likely N-dealkylation sites (tertiary alicyclic amines) is 1. The molecule has 6 rings (SSSR count). The fraction of sp³-hybridized carbons (Fsp3) is 0.400. The fourth-order valence-corrected chi connectivity index (χ4v) is 7.05. The lowest BCUT2D eigenvalue weighted by Crippen LogP contribution is -2.56. The Labute approximate surface area is 252 Å². The van der Waals surface area contributed by atoms with E-state index in [1.165, 1.54) is 0 Å². The highest BCUT2D eigenvalue weighted by Crippen LogP contribution is 2.43. The molecule has 3 aromatic carbocycles. The van der Waals surface area contributed by atoms with Crippen LogP contribution < -0.4 is 10.6 Å². The van der Waals surface area contributed by atoms with Gasteiger partial charge in [-0.05, 0) is 75.4 Å². The van der Waals surface area contributed by atoms with Gasteiger partial charge in [0.25, 0.3) is 5.91 Å². The number of aromatic amines is 1. The summed E-state index contributed by atoms with van der Waals surface area (Å²) in [7, 11) is 0. The van der Waals surface area contributed by atoms with E-state index in [0.717, 1.165) is 74.0 Å². The predicted octanol–water partition coefficient (Wildman–Crippen LogP) is 5.36. The molecule has 4 aromatic rings. The molecule has 8 nitrogen and oxygen atoms in total. The summed E-state index contributed by atoms with van der Waals surface area (Å²) in [6, 6.07) is 28.3. The largest absolute Gasteiger partial charge is 0.339 e. The minimum absolute atomic E-state index is 0.0646. The SMILES string of the molecule is CC(=O)CCCC(c1ccccc1)N1CN(c2ccccc2)C2(CCN(CCCn3c(=O)[nH]c4ccccc43)CC2)C1=O. The number of piperidine rings is 1. The van der Waals surface area contributed by atoms with Crippen molar-refractivity contribution in [1.82, 2.24) is 19.4 Å². The third kappa shape index (κ3) is 5.89. The lowest BCUT2D eigenvalue weighted by atomic mass is 9.85. The molecule has 2 aliphatic rings. The number of hydrogen-bond donors (Lipinski definition) is 1. The van der Waals surface area contributed by atoms with Crippen LogP contribution in [0.1, 0.15) is 57.1 Å². The van der Waals surface area contributed by atoms with E-state index >= 15 is 0 Å². The standard InChI is InChI=1S/C35H41N5O3/c1-27(41)12-10-19-31(28-13-4-2-5-14-28)39-26-40(29-15-6-3-7-16-29)35(33(39)42)20-24-37(25-21-35)22-11-23-38-32-18-9-8-17-30(32)36-34(38)43/h2-9,13-18,31H,10-12,19-26H2,1H3,(H,36,43). The molecule has 8 heteroatoms. The van der Waals surface area contributed by atoms with E-state index in [2.05, 4.69) is 43.9 Å². The number of Topliss-reactive ketones (excluding diaryl/α,β-unsaturated/α-hetero) is 1. The van der Waals surface area contributed by atoms with Crippen LogP contribution in [0.25, 0.3) is 11.0 Å². The Bertz CT molecular complexity index is 1600. The Balaban J connectivity index is 1.19. The van der Waals surface area contributed by atoms with Gasteiger partial charge < -0.3 is 24.5 Å². The second-order valence-electron chi connectivity index (χ2n) is 12.0. The Morgan fingerprint density at radius 1 is 0.860 bits per heavy atom. The summed E-state index contributed by atoms with van der Waals surface area (Å²) in [6.45, 7) is 5.36. The van der Waals surface area contributed by atoms with Crippen LogP contribution in [0.15, 0.2) is 89.7 Å². The number of carbonyl (C=O) groups is 2. The third-order valence-electron chi connectivity index (χ3n) is 9.33. The Kier molecular flexibility index (Phi) is 8.47. The highest BCUT2D eigenvalue weighted by molar-refractivity contribution is 5.94. The van der Waals surface area contributed by atoms with Gasteiger partial charge in [0, 0.05) is 31.7 Å². The molecule has 2 saturated heterocycles. The molecule has 0 bridgehead atoms. The molecule has 0 saturated carbocycles. The van der Waals surface area contributed by atoms with Crippen LogP contribution in [0.2, 0.25) is 0 Å². The van der Waals surface area contributed by atoms with Crippen molar-refractivity contribution in [1.29, 1.82) is 0 Å². The van der Waals surface area contributed by atoms with Crippen LogP contribution >= 0.6 is 0 Å². The predicted molar refractivity (Wildman–Crippen MR) is 170 cm³/mol. The number of carbonyl (C=O) groups excluding carboxylic acids is 2. The average Bonchev–Trinajstić information content (AvgIpc) is 3.50. The van der Waals surface area contributed by atoms with Crippen LogP contribution in [0.5, 0.6) is 0 Å². The summed E-state index contributed by atoms with van der Waals surface area (Å²) in [5.41, 5.74) is 3.34. The van der Waals surface area contributed by atoms with E-state index in [1.54, 1.807) is 6.92 Å². The molecule has 2 fully saturated rings. The summed E-state index contributed by atoms with van der Waals surface area (Å²) in [5, 5.41) is 0. The highest BCUT2D eigenvalue weighted by Gasteiger charge is 2.55. The van der Waals surface area contributed by atoms with Gasteiger partial charge in [0.15, 0.2) is 0 Å². The number of amides is 1. The molecule has 0 aliphatic carbocycles. The number of aromatic nitrogens is 2. The van der Waals surface area contributed by atoms with Crippen LogP contribution in [0.4, 0.5) is 5.69 Å². The summed E-state index contributed by atoms with van der Waals surface area (Å²) in [6.07, 6.45) is 4.40. The van der Waals surface area contributed by atoms with Crippen molar-refractivity contribution in [3.8, 4) is 0 Å². The number of nitrogens with zero attached hydrogens (tertiary/aromatic N) is 4. The highest BCUT2D eigenvalue weighted by atomic mass is 16.2. The maximum atomic E-state index is 14.6. The number of rotatable bonds is 11. The number of benzene rings is 3. The molecule has 1 unspecified atom stereocenters. The molecule has 224 valence electrons. The van der Waals surface area contributed by atoms with Crippen LogP contribution in [-0.4, -0.2) is 62.9 Å². The van der Waals surface area contributed by atoms with Crippen molar-refractivity contribution >= 4 is 28.4 Å². The zero-order valence-electron chi connectivity index (χ0n) is 25.0. The number of nitrogens with one attached hydrogen (secondary N) is 1. The maximum absolute atomic E-state index is 14.6. The molecular weight excluding hydrogens is 538 g/mol. The number of hydrogen-bond acceptors (Lipinski definition) is 5. The molecule has 0 radical (unpaired) electrons. The van der Waals surface area contributed by atoms with Crippen LogP contribution in [0, 0.1) is 0 Å². The van der Waals surface area contributed by atoms with Crippen molar-refractivity contribution in [2.24, 2.45) is 0 Å². The van der Waals surface area contributed by atoms with Crippen molar-refractivity contribution in [2.75, 3.05) is 31.2 Å². The van der Waals surface area contributed by atoms with Crippen molar-refractivity contribution in [3.05, 3.63) is 101 Å². The van der Waals surface area contributed by atoms with E-state index in [4.69, 9.17) is 0 Å². The van der Waals surface area contributed by atoms with E-state index in [9.17, 15) is 14.4 Å². The molecule has 1 aromatic heterocycles. The minimum Gasteiger partial charge on any atom is -0.339 e. The summed E-state index contributed by atoms with van der Waals surface area (Å²) < 4.78 is 1.83. The molecule has 1 amide bonds. The minimum atomic E-state index is -0.598. The first kappa shape index (κ1) is 28.9. The number of aryl methyl sites for hydroxylation is 1. The number of imidazole rings is 1. The molecule has 43 heavy (non-hydrogen) atoms. The lowest BCUT2D eigenvalue weighted by Gasteiger charge is -2.43. The van der Waals surface area contributed by atoms with E-state index < -0.39 is 5.54 Å². The van der Waals surface area contributed by atoms with Gasteiger partial charge in [0.1, 0.15) is 11.3 Å². The lowest BCUT2D eigenvalue weighted by molar-refractivity contribution is -0.135. The summed E-state index contributed by atoms with van der Waals surface area (Å²) >= 11 is 0. The first-order valence-corrected chi connectivity index (χ1v) is 15.5. The zero-order valence-corrected chi connectivity index (χ0v) is 25.0.